The quantitative estimate of drug-likeness (QED) is 0.946. The number of imidazole rings is 1. The van der Waals surface area contributed by atoms with Gasteiger partial charge in [0.15, 0.2) is 0 Å². The third-order valence-corrected chi connectivity index (χ3v) is 3.58. The van der Waals surface area contributed by atoms with Crippen molar-refractivity contribution >= 4 is 28.8 Å². The van der Waals surface area contributed by atoms with Gasteiger partial charge in [-0.1, -0.05) is 0 Å². The molecule has 22 heavy (non-hydrogen) atoms. The van der Waals surface area contributed by atoms with Crippen molar-refractivity contribution in [1.82, 2.24) is 9.55 Å². The van der Waals surface area contributed by atoms with E-state index in [1.807, 2.05) is 6.07 Å². The van der Waals surface area contributed by atoms with Crippen LogP contribution in [0.1, 0.15) is 20.3 Å². The molecule has 1 fully saturated rings. The van der Waals surface area contributed by atoms with Gasteiger partial charge in [-0.3, -0.25) is 4.90 Å². The first-order valence-corrected chi connectivity index (χ1v) is 7.24. The van der Waals surface area contributed by atoms with E-state index in [0.29, 0.717) is 24.4 Å². The number of cyclic esters (lactones) is 1. The summed E-state index contributed by atoms with van der Waals surface area (Å²) in [5, 5.41) is 0. The Bertz CT molecular complexity index is 720. The normalized spacial score (nSPS) is 16.1. The minimum Gasteiger partial charge on any atom is -0.449 e. The molecular formula is C15H19FN4O2. The van der Waals surface area contributed by atoms with Crippen LogP contribution in [0, 0.1) is 0 Å². The van der Waals surface area contributed by atoms with Crippen molar-refractivity contribution < 1.29 is 13.9 Å². The molecule has 0 spiro atoms. The van der Waals surface area contributed by atoms with Crippen LogP contribution in [0.25, 0.3) is 11.0 Å². The number of hydrogen-bond acceptors (Lipinski definition) is 4. The first-order chi connectivity index (χ1) is 10.3. The number of alkyl halides is 1. The highest BCUT2D eigenvalue weighted by molar-refractivity contribution is 5.92. The highest BCUT2D eigenvalue weighted by Gasteiger charge is 2.23. The predicted octanol–water partition coefficient (Wildman–Crippen LogP) is 2.71. The van der Waals surface area contributed by atoms with E-state index in [1.165, 1.54) is 13.8 Å². The molecule has 0 unspecified atom stereocenters. The summed E-state index contributed by atoms with van der Waals surface area (Å²) in [5.74, 6) is 0.263. The smallest absolute Gasteiger partial charge is 0.414 e. The Balaban J connectivity index is 1.99. The van der Waals surface area contributed by atoms with Crippen LogP contribution in [0.3, 0.4) is 0 Å². The molecule has 7 heteroatoms. The van der Waals surface area contributed by atoms with Crippen LogP contribution < -0.4 is 10.6 Å². The highest BCUT2D eigenvalue weighted by atomic mass is 19.1. The van der Waals surface area contributed by atoms with E-state index in [2.05, 4.69) is 4.98 Å². The molecule has 0 atom stereocenters. The van der Waals surface area contributed by atoms with Crippen molar-refractivity contribution in [1.29, 1.82) is 0 Å². The fraction of sp³-hybridized carbons (Fsp3) is 0.467. The van der Waals surface area contributed by atoms with Crippen LogP contribution in [-0.4, -0.2) is 34.5 Å². The summed E-state index contributed by atoms with van der Waals surface area (Å²) in [4.78, 5) is 17.6. The Labute approximate surface area is 127 Å². The van der Waals surface area contributed by atoms with Gasteiger partial charge in [0.25, 0.3) is 0 Å². The predicted molar refractivity (Wildman–Crippen MR) is 82.6 cm³/mol. The van der Waals surface area contributed by atoms with Gasteiger partial charge in [-0.2, -0.15) is 0 Å². The van der Waals surface area contributed by atoms with Gasteiger partial charge in [-0.25, -0.2) is 14.2 Å². The van der Waals surface area contributed by atoms with E-state index in [-0.39, 0.29) is 18.6 Å². The largest absolute Gasteiger partial charge is 0.449 e. The maximum Gasteiger partial charge on any atom is 0.414 e. The molecule has 0 radical (unpaired) electrons. The van der Waals surface area contributed by atoms with Gasteiger partial charge in [0.05, 0.1) is 24.2 Å². The Kier molecular flexibility index (Phi) is 3.42. The Morgan fingerprint density at radius 1 is 1.45 bits per heavy atom. The van der Waals surface area contributed by atoms with Crippen molar-refractivity contribution in [3.63, 3.8) is 0 Å². The molecule has 1 aromatic carbocycles. The lowest BCUT2D eigenvalue weighted by atomic mass is 10.1. The van der Waals surface area contributed by atoms with E-state index in [0.717, 1.165) is 11.9 Å². The maximum absolute atomic E-state index is 13.9. The molecule has 2 N–H and O–H groups in total. The van der Waals surface area contributed by atoms with Crippen LogP contribution in [0.15, 0.2) is 18.2 Å². The van der Waals surface area contributed by atoms with Gasteiger partial charge in [-0.05, 0) is 38.5 Å². The van der Waals surface area contributed by atoms with E-state index >= 15 is 0 Å². The number of carbonyl (C=O) groups is 1. The fourth-order valence-corrected chi connectivity index (χ4v) is 2.63. The third kappa shape index (κ3) is 2.70. The molecule has 2 heterocycles. The lowest BCUT2D eigenvalue weighted by molar-refractivity contribution is 0.140. The molecule has 1 amide bonds. The first kappa shape index (κ1) is 14.6. The number of nitrogens with zero attached hydrogens (tertiary/aromatic N) is 3. The number of halogens is 1. The van der Waals surface area contributed by atoms with Gasteiger partial charge in [0, 0.05) is 12.2 Å². The molecule has 2 aromatic rings. The van der Waals surface area contributed by atoms with Gasteiger partial charge < -0.3 is 15.0 Å². The Morgan fingerprint density at radius 2 is 2.23 bits per heavy atom. The molecule has 6 nitrogen and oxygen atoms in total. The summed E-state index contributed by atoms with van der Waals surface area (Å²) in [6, 6.07) is 5.39. The second-order valence-corrected chi connectivity index (χ2v) is 6.07. The van der Waals surface area contributed by atoms with Crippen molar-refractivity contribution in [2.45, 2.75) is 32.5 Å². The van der Waals surface area contributed by atoms with Crippen LogP contribution >= 0.6 is 0 Å². The molecule has 1 saturated heterocycles. The average Bonchev–Trinajstić information content (AvgIpc) is 2.73. The lowest BCUT2D eigenvalue weighted by Crippen LogP contribution is -2.37. The standard InChI is InChI=1S/C15H19FN4O2/c1-15(2,16)9-20-12-5-4-10(8-11(12)18-13(20)17)19-6-3-7-22-14(19)21/h4-5,8H,3,6-7,9H2,1-2H3,(H2,17,18). The maximum atomic E-state index is 13.9. The lowest BCUT2D eigenvalue weighted by Gasteiger charge is -2.26. The minimum absolute atomic E-state index is 0.125. The number of anilines is 2. The zero-order valence-electron chi connectivity index (χ0n) is 12.7. The summed E-state index contributed by atoms with van der Waals surface area (Å²) in [5.41, 5.74) is 6.60. The molecule has 1 aromatic heterocycles. The number of ether oxygens (including phenoxy) is 1. The fourth-order valence-electron chi connectivity index (χ4n) is 2.63. The number of hydrogen-bond donors (Lipinski definition) is 1. The molecule has 0 aliphatic carbocycles. The first-order valence-electron chi connectivity index (χ1n) is 7.24. The minimum atomic E-state index is -1.39. The van der Waals surface area contributed by atoms with Crippen molar-refractivity contribution in [3.05, 3.63) is 18.2 Å². The van der Waals surface area contributed by atoms with Crippen LogP contribution in [-0.2, 0) is 11.3 Å². The number of amides is 1. The molecule has 118 valence electrons. The van der Waals surface area contributed by atoms with Gasteiger partial charge in [0.1, 0.15) is 5.67 Å². The number of fused-ring (bicyclic) bond motifs is 1. The summed E-state index contributed by atoms with van der Waals surface area (Å²) in [7, 11) is 0. The number of nitrogen functional groups attached to an aromatic ring is 1. The second-order valence-electron chi connectivity index (χ2n) is 6.07. The zero-order valence-corrected chi connectivity index (χ0v) is 12.7. The van der Waals surface area contributed by atoms with E-state index in [1.54, 1.807) is 21.6 Å². The highest BCUT2D eigenvalue weighted by Crippen LogP contribution is 2.27. The molecule has 3 rings (SSSR count). The van der Waals surface area contributed by atoms with Crippen molar-refractivity contribution in [3.8, 4) is 0 Å². The number of nitrogens with two attached hydrogens (primary N) is 1. The Hall–Kier alpha value is -2.31. The molecule has 0 saturated carbocycles. The average molecular weight is 306 g/mol. The van der Waals surface area contributed by atoms with E-state index in [4.69, 9.17) is 10.5 Å². The molecule has 1 aliphatic heterocycles. The number of carbonyl (C=O) groups excluding carboxylic acids is 1. The van der Waals surface area contributed by atoms with Crippen LogP contribution in [0.5, 0.6) is 0 Å². The monoisotopic (exact) mass is 306 g/mol. The zero-order chi connectivity index (χ0) is 15.9. The second kappa shape index (κ2) is 5.15. The molecular weight excluding hydrogens is 287 g/mol. The van der Waals surface area contributed by atoms with Crippen molar-refractivity contribution in [2.75, 3.05) is 23.8 Å². The molecule has 1 aliphatic rings. The van der Waals surface area contributed by atoms with E-state index in [9.17, 15) is 9.18 Å². The van der Waals surface area contributed by atoms with Crippen molar-refractivity contribution in [2.24, 2.45) is 0 Å². The third-order valence-electron chi connectivity index (χ3n) is 3.58. The summed E-state index contributed by atoms with van der Waals surface area (Å²) < 4.78 is 20.6. The Morgan fingerprint density at radius 3 is 2.91 bits per heavy atom. The topological polar surface area (TPSA) is 73.4 Å². The van der Waals surface area contributed by atoms with Gasteiger partial charge in [0.2, 0.25) is 5.95 Å². The number of aromatic nitrogens is 2. The van der Waals surface area contributed by atoms with Crippen LogP contribution in [0.4, 0.5) is 20.8 Å². The number of benzene rings is 1. The SMILES string of the molecule is CC(C)(F)Cn1c(N)nc2cc(N3CCCOC3=O)ccc21. The molecule has 0 bridgehead atoms. The van der Waals surface area contributed by atoms with Gasteiger partial charge >= 0.3 is 6.09 Å². The summed E-state index contributed by atoms with van der Waals surface area (Å²) in [6.45, 7) is 4.18. The summed E-state index contributed by atoms with van der Waals surface area (Å²) >= 11 is 0. The summed E-state index contributed by atoms with van der Waals surface area (Å²) in [6.07, 6.45) is 0.430. The number of rotatable bonds is 3. The van der Waals surface area contributed by atoms with E-state index < -0.39 is 5.67 Å². The van der Waals surface area contributed by atoms with Gasteiger partial charge in [-0.15, -0.1) is 0 Å². The van der Waals surface area contributed by atoms with Crippen LogP contribution in [0.2, 0.25) is 0 Å².